The van der Waals surface area contributed by atoms with E-state index in [9.17, 15) is 14.1 Å². The molecule has 114 valence electrons. The average molecular weight is 410 g/mol. The van der Waals surface area contributed by atoms with E-state index in [1.807, 2.05) is 0 Å². The van der Waals surface area contributed by atoms with E-state index in [0.717, 1.165) is 6.92 Å². The molecule has 0 heterocycles. The quantitative estimate of drug-likeness (QED) is 0.259. The van der Waals surface area contributed by atoms with Crippen LogP contribution in [0.25, 0.3) is 0 Å². The Morgan fingerprint density at radius 3 is 1.33 bits per heavy atom. The molecule has 0 aliphatic carbocycles. The van der Waals surface area contributed by atoms with Crippen LogP contribution in [-0.2, 0) is 28.8 Å². The fourth-order valence-electron chi connectivity index (χ4n) is 0.0577. The van der Waals surface area contributed by atoms with E-state index in [2.05, 4.69) is 0 Å². The predicted molar refractivity (Wildman–Crippen MR) is 45.6 cm³/mol. The zero-order valence-electron chi connectivity index (χ0n) is 11.8. The molecule has 21 heavy (non-hydrogen) atoms. The zero-order chi connectivity index (χ0) is 14.6. The maximum atomic E-state index is 10.1. The predicted octanol–water partition coefficient (Wildman–Crippen LogP) is -13.8. The number of aliphatic hydroxyl groups excluding tert-OH is 4. The van der Waals surface area contributed by atoms with Gasteiger partial charge in [0.1, 0.15) is 14.0 Å². The molecule has 0 spiro atoms. The van der Waals surface area contributed by atoms with Gasteiger partial charge < -0.3 is 49.4 Å². The van der Waals surface area contributed by atoms with E-state index < -0.39 is 26.1 Å². The number of aliphatic carboxylic acids is 1. The van der Waals surface area contributed by atoms with Gasteiger partial charge in [-0.25, -0.2) is 4.20 Å². The summed E-state index contributed by atoms with van der Waals surface area (Å²) in [6.45, 7) is 0.405. The molecule has 15 heteroatoms. The number of carbonyl (C=O) groups excluding carboxylic acids is 1. The maximum Gasteiger partial charge on any atom is 2.00 e. The molecule has 0 aliphatic rings. The first-order valence-corrected chi connectivity index (χ1v) is 5.39. The molecule has 0 fully saturated rings. The van der Waals surface area contributed by atoms with Crippen molar-refractivity contribution in [3.05, 3.63) is 0 Å². The molecule has 4 N–H and O–H groups in total. The van der Waals surface area contributed by atoms with Gasteiger partial charge in [0.2, 0.25) is 0 Å². The van der Waals surface area contributed by atoms with Gasteiger partial charge in [-0.2, -0.15) is 0 Å². The first kappa shape index (κ1) is 43.5. The second-order valence-electron chi connectivity index (χ2n) is 2.44. The molecule has 1 unspecified atom stereocenters. The Hall–Kier alpha value is 1.94. The monoisotopic (exact) mass is 408 g/mol. The van der Waals surface area contributed by atoms with Crippen LogP contribution in [-0.4, -0.2) is 51.8 Å². The molecular formula is C6H13F2Na2O9PZn. The third kappa shape index (κ3) is 88.3. The fraction of sp³-hybridized carbons (Fsp3) is 0.833. The van der Waals surface area contributed by atoms with E-state index in [0.29, 0.717) is 0 Å². The Morgan fingerprint density at radius 2 is 1.33 bits per heavy atom. The summed E-state index contributed by atoms with van der Waals surface area (Å²) >= 11 is 0. The van der Waals surface area contributed by atoms with E-state index in [1.54, 1.807) is 0 Å². The van der Waals surface area contributed by atoms with Gasteiger partial charge in [-0.3, -0.25) is 0 Å². The topological polar surface area (TPSA) is 184 Å². The number of carboxylic acids is 1. The number of carbonyl (C=O) groups is 1. The fourth-order valence-corrected chi connectivity index (χ4v) is 0.0577. The zero-order valence-corrected chi connectivity index (χ0v) is 19.7. The summed E-state index contributed by atoms with van der Waals surface area (Å²) in [6, 6.07) is 0. The molecule has 0 aromatic heterocycles. The molecule has 0 aromatic carbocycles. The van der Waals surface area contributed by atoms with Crippen LogP contribution in [0.3, 0.4) is 0 Å². The van der Waals surface area contributed by atoms with Crippen molar-refractivity contribution in [3.8, 4) is 0 Å². The van der Waals surface area contributed by atoms with Crippen LogP contribution in [0, 0.1) is 0 Å². The number of hydrogen-bond donors (Lipinski definition) is 4. The average Bonchev–Trinajstić information content (AvgIpc) is 2.14. The second kappa shape index (κ2) is 26.8. The Bertz CT molecular complexity index is 234. The number of hydrogen-bond acceptors (Lipinski definition) is 9. The number of halogens is 2. The van der Waals surface area contributed by atoms with Crippen LogP contribution >= 0.6 is 7.91 Å². The van der Waals surface area contributed by atoms with Crippen molar-refractivity contribution in [2.75, 3.05) is 13.2 Å². The summed E-state index contributed by atoms with van der Waals surface area (Å²) in [5, 5.41) is 41.3. The molecule has 0 saturated heterocycles. The van der Waals surface area contributed by atoms with Crippen molar-refractivity contribution in [1.29, 1.82) is 0 Å². The van der Waals surface area contributed by atoms with E-state index in [1.165, 1.54) is 0 Å². The minimum Gasteiger partial charge on any atom is -1.00 e. The largest absolute Gasteiger partial charge is 2.00 e. The van der Waals surface area contributed by atoms with E-state index in [-0.39, 0.29) is 96.5 Å². The van der Waals surface area contributed by atoms with Crippen molar-refractivity contribution in [1.82, 2.24) is 0 Å². The Kier molecular flexibility index (Phi) is 55.5. The summed E-state index contributed by atoms with van der Waals surface area (Å²) in [5.74, 6) is -1.44. The van der Waals surface area contributed by atoms with Crippen LogP contribution in [0.15, 0.2) is 0 Å². The summed E-state index contributed by atoms with van der Waals surface area (Å²) < 4.78 is 18.6. The molecule has 0 rings (SSSR count). The molecule has 0 amide bonds. The van der Waals surface area contributed by atoms with Crippen molar-refractivity contribution in [3.63, 3.8) is 0 Å². The van der Waals surface area contributed by atoms with E-state index >= 15 is 0 Å². The van der Waals surface area contributed by atoms with Crippen LogP contribution < -0.4 is 78.7 Å². The van der Waals surface area contributed by atoms with Crippen molar-refractivity contribution in [2.24, 2.45) is 0 Å². The Labute approximate surface area is 176 Å². The Morgan fingerprint density at radius 1 is 1.19 bits per heavy atom. The van der Waals surface area contributed by atoms with Gasteiger partial charge in [0.25, 0.3) is 0 Å². The van der Waals surface area contributed by atoms with Gasteiger partial charge in [-0.05, 0) is 6.92 Å². The molecule has 0 radical (unpaired) electrons. The number of rotatable bonds is 3. The summed E-state index contributed by atoms with van der Waals surface area (Å²) in [7, 11) is -5.64. The number of aliphatic hydroxyl groups is 4. The molecular weight excluding hydrogens is 396 g/mol. The van der Waals surface area contributed by atoms with Crippen LogP contribution in [0.2, 0.25) is 0 Å². The second-order valence-corrected chi connectivity index (χ2v) is 3.31. The van der Waals surface area contributed by atoms with Crippen LogP contribution in [0.1, 0.15) is 6.92 Å². The van der Waals surface area contributed by atoms with Crippen LogP contribution in [0.4, 0.5) is 4.20 Å². The Balaban J connectivity index is -0.0000000257. The van der Waals surface area contributed by atoms with Gasteiger partial charge in [0.15, 0.2) is 0 Å². The van der Waals surface area contributed by atoms with Gasteiger partial charge in [-0.15, -0.1) is 0 Å². The molecule has 0 bridgehead atoms. The third-order valence-electron chi connectivity index (χ3n) is 0.763. The third-order valence-corrected chi connectivity index (χ3v) is 0.763. The standard InChI is InChI=1S/C3H8O3.C3H6O3.FH2O3P.FH.2Na.Zn/c4-1-3(6)2-5;1-2(4)3(5)6;1-5(2,3)4;;;;/h3-6H,1-2H2;2,4H,1H3,(H,5,6);(H2,2,3,4);1H;;;/q;;;;2*+1;+2/p-4. The van der Waals surface area contributed by atoms with Crippen molar-refractivity contribution in [2.45, 2.75) is 19.1 Å². The van der Waals surface area contributed by atoms with E-state index in [4.69, 9.17) is 34.8 Å². The van der Waals surface area contributed by atoms with Gasteiger partial charge in [0.05, 0.1) is 25.3 Å². The van der Waals surface area contributed by atoms with Crippen molar-refractivity contribution < 1.29 is 132 Å². The minimum atomic E-state index is -5.64. The summed E-state index contributed by atoms with van der Waals surface area (Å²) in [5.41, 5.74) is 0. The number of carboxylic acid groups (broad SMARTS) is 1. The SMILES string of the molecule is CC(O)C(=O)[O-].O=P([O-])([O-])F.OCC(O)CO.[F-].[Na+].[Na+].[Zn+2]. The maximum absolute atomic E-state index is 10.1. The molecule has 9 nitrogen and oxygen atoms in total. The van der Waals surface area contributed by atoms with Crippen molar-refractivity contribution >= 4 is 13.9 Å². The van der Waals surface area contributed by atoms with Gasteiger partial charge >= 0.3 is 78.6 Å². The molecule has 1 atom stereocenters. The molecule has 0 aliphatic heterocycles. The van der Waals surface area contributed by atoms with Gasteiger partial charge in [-0.1, -0.05) is 0 Å². The minimum absolute atomic E-state index is 0. The first-order valence-electron chi connectivity index (χ1n) is 3.96. The first-order chi connectivity index (χ1) is 7.45. The summed E-state index contributed by atoms with van der Waals surface area (Å²) in [6.07, 6.45) is -2.30. The van der Waals surface area contributed by atoms with Gasteiger partial charge in [0, 0.05) is 0 Å². The summed E-state index contributed by atoms with van der Waals surface area (Å²) in [4.78, 5) is 26.2. The smallest absolute Gasteiger partial charge is 1.00 e. The normalized spacial score (nSPS) is 9.57. The molecule has 0 saturated carbocycles. The molecule has 0 aromatic rings. The van der Waals surface area contributed by atoms with Crippen LogP contribution in [0.5, 0.6) is 0 Å².